The van der Waals surface area contributed by atoms with E-state index in [9.17, 15) is 0 Å². The minimum Gasteiger partial charge on any atom is -0.356 e. The van der Waals surface area contributed by atoms with Gasteiger partial charge in [0.25, 0.3) is 0 Å². The molecular formula is C11H10O. The summed E-state index contributed by atoms with van der Waals surface area (Å²) in [6.07, 6.45) is 0.506. The van der Waals surface area contributed by atoms with E-state index in [2.05, 4.69) is 11.8 Å². The summed E-state index contributed by atoms with van der Waals surface area (Å²) in [4.78, 5) is 0. The summed E-state index contributed by atoms with van der Waals surface area (Å²) in [6.45, 7) is 2.03. The van der Waals surface area contributed by atoms with Gasteiger partial charge in [-0.1, -0.05) is 30.0 Å². The van der Waals surface area contributed by atoms with Crippen LogP contribution in [0.1, 0.15) is 12.5 Å². The second kappa shape index (κ2) is 3.00. The molecule has 1 fully saturated rings. The molecule has 0 aliphatic carbocycles. The van der Waals surface area contributed by atoms with E-state index < -0.39 is 0 Å². The average molecular weight is 158 g/mol. The fraction of sp³-hybridized carbons (Fsp3) is 0.273. The highest BCUT2D eigenvalue weighted by Gasteiger charge is 2.31. The molecule has 1 aromatic rings. The molecule has 0 bridgehead atoms. The maximum atomic E-state index is 5.16. The Kier molecular flexibility index (Phi) is 1.85. The zero-order valence-corrected chi connectivity index (χ0v) is 6.95. The van der Waals surface area contributed by atoms with Crippen LogP contribution < -0.4 is 0 Å². The van der Waals surface area contributed by atoms with Crippen LogP contribution >= 0.6 is 0 Å². The molecular weight excluding hydrogens is 148 g/mol. The molecule has 0 radical (unpaired) electrons. The molecule has 0 saturated carbocycles. The van der Waals surface area contributed by atoms with Crippen LogP contribution in [-0.2, 0) is 4.74 Å². The highest BCUT2D eigenvalue weighted by atomic mass is 16.6. The van der Waals surface area contributed by atoms with E-state index >= 15 is 0 Å². The first kappa shape index (κ1) is 7.39. The van der Waals surface area contributed by atoms with Gasteiger partial charge in [0, 0.05) is 5.56 Å². The smallest absolute Gasteiger partial charge is 0.144 e. The van der Waals surface area contributed by atoms with Crippen LogP contribution in [0.25, 0.3) is 0 Å². The summed E-state index contributed by atoms with van der Waals surface area (Å²) in [7, 11) is 0. The van der Waals surface area contributed by atoms with Crippen molar-refractivity contribution in [2.45, 2.75) is 19.1 Å². The molecule has 12 heavy (non-hydrogen) atoms. The van der Waals surface area contributed by atoms with Crippen molar-refractivity contribution in [1.82, 2.24) is 0 Å². The lowest BCUT2D eigenvalue weighted by atomic mass is 10.2. The first-order valence-corrected chi connectivity index (χ1v) is 4.08. The molecule has 0 amide bonds. The van der Waals surface area contributed by atoms with Crippen LogP contribution in [0.5, 0.6) is 0 Å². The molecule has 1 nitrogen and oxygen atoms in total. The van der Waals surface area contributed by atoms with Crippen molar-refractivity contribution in [3.05, 3.63) is 35.9 Å². The summed E-state index contributed by atoms with van der Waals surface area (Å²) in [5.74, 6) is 6.11. The second-order valence-corrected chi connectivity index (χ2v) is 2.90. The predicted octanol–water partition coefficient (Wildman–Crippen LogP) is 1.83. The Bertz CT molecular complexity index is 318. The maximum Gasteiger partial charge on any atom is 0.144 e. The summed E-state index contributed by atoms with van der Waals surface area (Å²) >= 11 is 0. The van der Waals surface area contributed by atoms with Gasteiger partial charge in [-0.15, -0.1) is 0 Å². The van der Waals surface area contributed by atoms with Gasteiger partial charge in [0.1, 0.15) is 6.10 Å². The third kappa shape index (κ3) is 1.66. The van der Waals surface area contributed by atoms with Gasteiger partial charge in [0.2, 0.25) is 0 Å². The fourth-order valence-electron chi connectivity index (χ4n) is 1.01. The molecule has 0 N–H and O–H groups in total. The van der Waals surface area contributed by atoms with E-state index in [1.807, 2.05) is 37.3 Å². The first-order chi connectivity index (χ1) is 5.86. The van der Waals surface area contributed by atoms with Crippen LogP contribution in [0.4, 0.5) is 0 Å². The molecule has 1 aromatic carbocycles. The molecule has 0 spiro atoms. The first-order valence-electron chi connectivity index (χ1n) is 4.08. The van der Waals surface area contributed by atoms with Crippen molar-refractivity contribution in [2.24, 2.45) is 0 Å². The van der Waals surface area contributed by atoms with Gasteiger partial charge >= 0.3 is 0 Å². The second-order valence-electron chi connectivity index (χ2n) is 2.90. The van der Waals surface area contributed by atoms with Crippen molar-refractivity contribution in [1.29, 1.82) is 0 Å². The van der Waals surface area contributed by atoms with Gasteiger partial charge in [0.15, 0.2) is 0 Å². The van der Waals surface area contributed by atoms with Crippen molar-refractivity contribution in [3.63, 3.8) is 0 Å². The van der Waals surface area contributed by atoms with Crippen molar-refractivity contribution < 1.29 is 4.74 Å². The highest BCUT2D eigenvalue weighted by Crippen LogP contribution is 2.19. The molecule has 1 aliphatic rings. The number of ether oxygens (including phenoxy) is 1. The lowest BCUT2D eigenvalue weighted by molar-refractivity contribution is 0.403. The Balaban J connectivity index is 2.06. The van der Waals surface area contributed by atoms with Crippen molar-refractivity contribution in [2.75, 3.05) is 0 Å². The normalized spacial score (nSPS) is 25.8. The largest absolute Gasteiger partial charge is 0.356 e. The third-order valence-electron chi connectivity index (χ3n) is 1.84. The van der Waals surface area contributed by atoms with Gasteiger partial charge in [-0.2, -0.15) is 0 Å². The topological polar surface area (TPSA) is 12.5 Å². The fourth-order valence-corrected chi connectivity index (χ4v) is 1.01. The number of benzene rings is 1. The zero-order valence-electron chi connectivity index (χ0n) is 6.95. The summed E-state index contributed by atoms with van der Waals surface area (Å²) in [5.41, 5.74) is 1.06. The Hall–Kier alpha value is -1.26. The number of rotatable bonds is 0. The number of epoxide rings is 1. The number of hydrogen-bond acceptors (Lipinski definition) is 1. The van der Waals surface area contributed by atoms with Gasteiger partial charge in [0.05, 0.1) is 6.10 Å². The van der Waals surface area contributed by atoms with E-state index in [0.29, 0.717) is 6.10 Å². The summed E-state index contributed by atoms with van der Waals surface area (Å²) < 4.78 is 5.16. The Morgan fingerprint density at radius 1 is 1.25 bits per heavy atom. The van der Waals surface area contributed by atoms with Gasteiger partial charge in [-0.05, 0) is 19.1 Å². The highest BCUT2D eigenvalue weighted by molar-refractivity contribution is 5.35. The lowest BCUT2D eigenvalue weighted by Crippen LogP contribution is -1.82. The minimum atomic E-state index is 0.171. The van der Waals surface area contributed by atoms with E-state index in [1.165, 1.54) is 0 Å². The van der Waals surface area contributed by atoms with Crippen molar-refractivity contribution >= 4 is 0 Å². The lowest BCUT2D eigenvalue weighted by Gasteiger charge is -1.84. The van der Waals surface area contributed by atoms with Crippen LogP contribution in [-0.4, -0.2) is 12.2 Å². The molecule has 0 aromatic heterocycles. The molecule has 2 atom stereocenters. The number of hydrogen-bond donors (Lipinski definition) is 0. The monoisotopic (exact) mass is 158 g/mol. The van der Waals surface area contributed by atoms with E-state index in [4.69, 9.17) is 4.74 Å². The molecule has 1 heteroatoms. The summed E-state index contributed by atoms with van der Waals surface area (Å²) in [5, 5.41) is 0. The Labute approximate surface area is 72.4 Å². The predicted molar refractivity (Wildman–Crippen MR) is 47.7 cm³/mol. The SMILES string of the molecule is C[C@H]1O[C@H]1C#Cc1ccccc1. The van der Waals surface area contributed by atoms with E-state index in [-0.39, 0.29) is 6.10 Å². The van der Waals surface area contributed by atoms with Crippen molar-refractivity contribution in [3.8, 4) is 11.8 Å². The Morgan fingerprint density at radius 3 is 2.50 bits per heavy atom. The van der Waals surface area contributed by atoms with Crippen LogP contribution in [0.15, 0.2) is 30.3 Å². The van der Waals surface area contributed by atoms with Gasteiger partial charge < -0.3 is 4.74 Å². The average Bonchev–Trinajstić information content (AvgIpc) is 2.81. The third-order valence-corrected chi connectivity index (χ3v) is 1.84. The van der Waals surface area contributed by atoms with E-state index in [0.717, 1.165) is 5.56 Å². The van der Waals surface area contributed by atoms with Crippen LogP contribution in [0, 0.1) is 11.8 Å². The Morgan fingerprint density at radius 2 is 1.92 bits per heavy atom. The molecule has 2 rings (SSSR count). The summed E-state index contributed by atoms with van der Waals surface area (Å²) in [6, 6.07) is 9.96. The molecule has 0 unspecified atom stereocenters. The van der Waals surface area contributed by atoms with Gasteiger partial charge in [-0.3, -0.25) is 0 Å². The van der Waals surface area contributed by atoms with E-state index in [1.54, 1.807) is 0 Å². The minimum absolute atomic E-state index is 0.171. The van der Waals surface area contributed by atoms with Crippen LogP contribution in [0.3, 0.4) is 0 Å². The van der Waals surface area contributed by atoms with Crippen LogP contribution in [0.2, 0.25) is 0 Å². The zero-order chi connectivity index (χ0) is 8.39. The van der Waals surface area contributed by atoms with Gasteiger partial charge in [-0.25, -0.2) is 0 Å². The molecule has 1 aliphatic heterocycles. The standard InChI is InChI=1S/C11H10O/c1-9-11(12-9)8-7-10-5-3-2-4-6-10/h2-6,9,11H,1H3/t9-,11+/m1/s1. The maximum absolute atomic E-state index is 5.16. The molecule has 1 heterocycles. The molecule has 60 valence electrons. The molecule has 1 saturated heterocycles. The quantitative estimate of drug-likeness (QED) is 0.414.